The molecule has 12 nitrogen and oxygen atoms in total. The Hall–Kier alpha value is -7.18. The van der Waals surface area contributed by atoms with Crippen LogP contribution in [0.3, 0.4) is 0 Å². The van der Waals surface area contributed by atoms with Gasteiger partial charge in [0.2, 0.25) is 5.82 Å². The Kier molecular flexibility index (Phi) is 11.0. The summed E-state index contributed by atoms with van der Waals surface area (Å²) in [6.07, 6.45) is 1.33. The average molecular weight is 801 g/mol. The number of rotatable bonds is 14. The van der Waals surface area contributed by atoms with Gasteiger partial charge in [-0.05, 0) is 71.9 Å². The lowest BCUT2D eigenvalue weighted by Gasteiger charge is -2.34. The Bertz CT molecular complexity index is 2690. The Morgan fingerprint density at radius 3 is 1.92 bits per heavy atom. The van der Waals surface area contributed by atoms with Gasteiger partial charge in [0.1, 0.15) is 17.1 Å². The molecule has 3 heterocycles. The lowest BCUT2D eigenvalue weighted by Crippen LogP contribution is -2.39. The van der Waals surface area contributed by atoms with Crippen LogP contribution in [0.25, 0.3) is 22.5 Å². The van der Waals surface area contributed by atoms with Crippen molar-refractivity contribution in [3.05, 3.63) is 201 Å². The highest BCUT2D eigenvalue weighted by Gasteiger charge is 2.41. The van der Waals surface area contributed by atoms with Crippen molar-refractivity contribution in [1.82, 2.24) is 29.8 Å². The van der Waals surface area contributed by atoms with Crippen LogP contribution < -0.4 is 5.82 Å². The fourth-order valence-corrected chi connectivity index (χ4v) is 7.60. The van der Waals surface area contributed by atoms with Crippen LogP contribution in [-0.2, 0) is 35.4 Å². The normalized spacial score (nSPS) is 11.8. The van der Waals surface area contributed by atoms with Crippen LogP contribution in [0.1, 0.15) is 83.0 Å². The minimum Gasteiger partial charge on any atom is -0.453 e. The summed E-state index contributed by atoms with van der Waals surface area (Å²) in [6, 6.07) is 46.8. The molecule has 12 heteroatoms. The molecule has 5 aromatic carbocycles. The molecule has 302 valence electrons. The van der Waals surface area contributed by atoms with E-state index in [0.717, 1.165) is 45.4 Å². The molecule has 0 aliphatic rings. The van der Waals surface area contributed by atoms with Crippen molar-refractivity contribution in [2.45, 2.75) is 64.8 Å². The maximum atomic E-state index is 13.7. The lowest BCUT2D eigenvalue weighted by molar-refractivity contribution is 0.0395. The van der Waals surface area contributed by atoms with E-state index in [1.807, 2.05) is 110 Å². The first-order valence-corrected chi connectivity index (χ1v) is 19.8. The Labute approximate surface area is 346 Å². The third kappa shape index (κ3) is 7.72. The van der Waals surface area contributed by atoms with Crippen molar-refractivity contribution >= 4 is 5.97 Å². The molecule has 8 aromatic rings. The van der Waals surface area contributed by atoms with Crippen LogP contribution in [0.15, 0.2) is 153 Å². The number of imidazole rings is 1. The summed E-state index contributed by atoms with van der Waals surface area (Å²) in [6.45, 7) is 6.71. The topological polar surface area (TPSA) is 151 Å². The maximum absolute atomic E-state index is 13.7. The average Bonchev–Trinajstić information content (AvgIpc) is 3.99. The SMILES string of the molecule is CCCc1nc(C(C)(C)O)c(C(=O)OCc2oc(=O)oc2C)n1Cc1ccc(-c2cccc(-c3nnn(C(c4ccccc4)(c4ccccc4)c4ccccc4)n3)c2)cc1. The van der Waals surface area contributed by atoms with Crippen molar-refractivity contribution in [2.75, 3.05) is 0 Å². The number of esters is 1. The molecule has 0 amide bonds. The first kappa shape index (κ1) is 39.6. The van der Waals surface area contributed by atoms with Crippen LogP contribution in [0.2, 0.25) is 0 Å². The zero-order valence-electron chi connectivity index (χ0n) is 33.8. The molecule has 3 aromatic heterocycles. The molecule has 0 saturated heterocycles. The number of carbonyl (C=O) groups excluding carboxylic acids is 1. The minimum atomic E-state index is -1.44. The summed E-state index contributed by atoms with van der Waals surface area (Å²) in [5.74, 6) is -0.134. The molecule has 8 rings (SSSR count). The molecule has 0 radical (unpaired) electrons. The van der Waals surface area contributed by atoms with E-state index in [4.69, 9.17) is 28.9 Å². The second-order valence-corrected chi connectivity index (χ2v) is 15.1. The quantitative estimate of drug-likeness (QED) is 0.0838. The van der Waals surface area contributed by atoms with Gasteiger partial charge in [0.15, 0.2) is 29.4 Å². The highest BCUT2D eigenvalue weighted by molar-refractivity contribution is 5.89. The summed E-state index contributed by atoms with van der Waals surface area (Å²) in [5, 5.41) is 25.6. The van der Waals surface area contributed by atoms with Crippen LogP contribution in [0.4, 0.5) is 0 Å². The van der Waals surface area contributed by atoms with Gasteiger partial charge in [0.25, 0.3) is 0 Å². The van der Waals surface area contributed by atoms with Crippen molar-refractivity contribution in [3.8, 4) is 22.5 Å². The van der Waals surface area contributed by atoms with Gasteiger partial charge in [-0.3, -0.25) is 0 Å². The van der Waals surface area contributed by atoms with E-state index in [1.165, 1.54) is 0 Å². The number of carbonyl (C=O) groups is 1. The maximum Gasteiger partial charge on any atom is 0.519 e. The van der Waals surface area contributed by atoms with E-state index in [1.54, 1.807) is 30.1 Å². The summed E-state index contributed by atoms with van der Waals surface area (Å²) in [7, 11) is 0. The molecule has 0 bridgehead atoms. The van der Waals surface area contributed by atoms with Crippen molar-refractivity contribution in [1.29, 1.82) is 0 Å². The highest BCUT2D eigenvalue weighted by atomic mass is 16.6. The highest BCUT2D eigenvalue weighted by Crippen LogP contribution is 2.40. The zero-order chi connectivity index (χ0) is 41.9. The molecule has 60 heavy (non-hydrogen) atoms. The Morgan fingerprint density at radius 2 is 1.37 bits per heavy atom. The van der Waals surface area contributed by atoms with Gasteiger partial charge in [0, 0.05) is 18.5 Å². The largest absolute Gasteiger partial charge is 0.519 e. The third-order valence-electron chi connectivity index (χ3n) is 10.5. The first-order valence-electron chi connectivity index (χ1n) is 19.8. The first-order chi connectivity index (χ1) is 29.1. The van der Waals surface area contributed by atoms with Crippen molar-refractivity contribution < 1.29 is 23.5 Å². The van der Waals surface area contributed by atoms with Gasteiger partial charge in [-0.15, -0.1) is 15.0 Å². The number of hydrogen-bond acceptors (Lipinski definition) is 10. The van der Waals surface area contributed by atoms with E-state index in [-0.39, 0.29) is 29.5 Å². The molecule has 0 atom stereocenters. The van der Waals surface area contributed by atoms with Crippen LogP contribution in [-0.4, -0.2) is 40.8 Å². The number of ether oxygens (including phenoxy) is 1. The van der Waals surface area contributed by atoms with Crippen molar-refractivity contribution in [2.24, 2.45) is 0 Å². The Balaban J connectivity index is 1.10. The monoisotopic (exact) mass is 800 g/mol. The molecule has 0 fully saturated rings. The number of tetrazole rings is 1. The van der Waals surface area contributed by atoms with Gasteiger partial charge in [-0.2, -0.15) is 0 Å². The molecule has 1 N–H and O–H groups in total. The van der Waals surface area contributed by atoms with Crippen molar-refractivity contribution in [3.63, 3.8) is 0 Å². The fraction of sp³-hybridized carbons (Fsp3) is 0.208. The standard InChI is InChI=1S/C48H44N6O6/c1-5-16-41-49-43(47(3,4)57)42(45(55)58-31-40-32(2)59-46(56)60-40)53(41)30-33-25-27-34(28-26-33)35-17-15-18-36(29-35)44-50-52-54(51-44)48(37-19-9-6-10-20-37,38-21-11-7-12-22-38)39-23-13-8-14-24-39/h6-15,17-29,57H,5,16,30-31H2,1-4H3. The molecular formula is C48H44N6O6. The zero-order valence-corrected chi connectivity index (χ0v) is 33.8. The summed E-state index contributed by atoms with van der Waals surface area (Å²) < 4.78 is 17.3. The molecule has 0 unspecified atom stereocenters. The van der Waals surface area contributed by atoms with Gasteiger partial charge in [0.05, 0.1) is 0 Å². The van der Waals surface area contributed by atoms with Gasteiger partial charge < -0.3 is 23.2 Å². The fourth-order valence-electron chi connectivity index (χ4n) is 7.60. The molecule has 0 spiro atoms. The number of aromatic nitrogens is 6. The van der Waals surface area contributed by atoms with Crippen LogP contribution >= 0.6 is 0 Å². The smallest absolute Gasteiger partial charge is 0.453 e. The van der Waals surface area contributed by atoms with E-state index in [2.05, 4.69) is 41.5 Å². The summed E-state index contributed by atoms with van der Waals surface area (Å²) in [5.41, 5.74) is 4.62. The molecule has 0 aliphatic heterocycles. The van der Waals surface area contributed by atoms with E-state index >= 15 is 0 Å². The molecular weight excluding hydrogens is 757 g/mol. The number of aliphatic hydroxyl groups is 1. The van der Waals surface area contributed by atoms with Crippen LogP contribution in [0.5, 0.6) is 0 Å². The summed E-state index contributed by atoms with van der Waals surface area (Å²) in [4.78, 5) is 31.8. The minimum absolute atomic E-state index is 0.109. The predicted octanol–water partition coefficient (Wildman–Crippen LogP) is 8.48. The van der Waals surface area contributed by atoms with Crippen LogP contribution in [0, 0.1) is 6.92 Å². The number of hydrogen-bond donors (Lipinski definition) is 1. The van der Waals surface area contributed by atoms with Gasteiger partial charge in [-0.25, -0.2) is 14.6 Å². The molecule has 0 saturated carbocycles. The van der Waals surface area contributed by atoms with E-state index < -0.39 is 22.9 Å². The number of aryl methyl sites for hydroxylation is 2. The molecule has 0 aliphatic carbocycles. The second-order valence-electron chi connectivity index (χ2n) is 15.1. The van der Waals surface area contributed by atoms with Gasteiger partial charge >= 0.3 is 11.8 Å². The number of nitrogens with zero attached hydrogens (tertiary/aromatic N) is 6. The number of benzene rings is 5. The summed E-state index contributed by atoms with van der Waals surface area (Å²) >= 11 is 0. The van der Waals surface area contributed by atoms with E-state index in [0.29, 0.717) is 24.6 Å². The lowest BCUT2D eigenvalue weighted by atomic mass is 9.77. The van der Waals surface area contributed by atoms with Gasteiger partial charge in [-0.1, -0.05) is 140 Å². The predicted molar refractivity (Wildman–Crippen MR) is 225 cm³/mol. The third-order valence-corrected chi connectivity index (χ3v) is 10.5. The van der Waals surface area contributed by atoms with E-state index in [9.17, 15) is 14.7 Å². The second kappa shape index (κ2) is 16.6. The Morgan fingerprint density at radius 1 is 0.767 bits per heavy atom.